The Labute approximate surface area is 124 Å². The van der Waals surface area contributed by atoms with Gasteiger partial charge in [-0.05, 0) is 49.8 Å². The molecule has 2 atom stereocenters. The maximum atomic E-state index is 12.3. The first-order valence-electron chi connectivity index (χ1n) is 7.25. The zero-order valence-electron chi connectivity index (χ0n) is 12.0. The van der Waals surface area contributed by atoms with Gasteiger partial charge in [0.1, 0.15) is 0 Å². The summed E-state index contributed by atoms with van der Waals surface area (Å²) in [6, 6.07) is 8.84. The average molecular weight is 285 g/mol. The van der Waals surface area contributed by atoms with Crippen molar-refractivity contribution in [1.82, 2.24) is 4.90 Å². The van der Waals surface area contributed by atoms with Gasteiger partial charge in [0.2, 0.25) is 0 Å². The molecule has 1 saturated heterocycles. The Morgan fingerprint density at radius 1 is 1.43 bits per heavy atom. The first kappa shape index (κ1) is 13.9. The van der Waals surface area contributed by atoms with Crippen LogP contribution in [0.1, 0.15) is 25.3 Å². The Balaban J connectivity index is 1.62. The molecule has 3 rings (SSSR count). The lowest BCUT2D eigenvalue weighted by molar-refractivity contribution is 0.0559. The third kappa shape index (κ3) is 2.86. The topological polar surface area (TPSA) is 76.4 Å². The van der Waals surface area contributed by atoms with Crippen LogP contribution in [0.3, 0.4) is 0 Å². The fraction of sp³-hybridized carbons (Fsp3) is 0.500. The van der Waals surface area contributed by atoms with E-state index in [9.17, 15) is 9.90 Å². The lowest BCUT2D eigenvalue weighted by atomic mass is 10.0. The highest BCUT2D eigenvalue weighted by Crippen LogP contribution is 2.43. The van der Waals surface area contributed by atoms with Crippen LogP contribution in [-0.4, -0.2) is 34.7 Å². The van der Waals surface area contributed by atoms with Crippen molar-refractivity contribution in [2.24, 2.45) is 11.8 Å². The average Bonchev–Trinajstić information content (AvgIpc) is 2.92. The van der Waals surface area contributed by atoms with Crippen LogP contribution in [0, 0.1) is 23.2 Å². The minimum absolute atomic E-state index is 0.126. The first-order valence-corrected chi connectivity index (χ1v) is 7.25. The number of carbonyl (C=O) groups excluding carboxylic acids is 1. The van der Waals surface area contributed by atoms with Gasteiger partial charge in [0.05, 0.1) is 17.2 Å². The number of aliphatic hydroxyl groups is 1. The number of fused-ring (bicyclic) bond motifs is 1. The zero-order valence-corrected chi connectivity index (χ0v) is 12.0. The van der Waals surface area contributed by atoms with Gasteiger partial charge in [-0.25, -0.2) is 4.79 Å². The van der Waals surface area contributed by atoms with Crippen LogP contribution in [0.5, 0.6) is 0 Å². The number of nitriles is 1. The van der Waals surface area contributed by atoms with Gasteiger partial charge in [-0.1, -0.05) is 6.07 Å². The Hall–Kier alpha value is -2.06. The molecule has 5 nitrogen and oxygen atoms in total. The molecule has 21 heavy (non-hydrogen) atoms. The number of hydrogen-bond acceptors (Lipinski definition) is 3. The standard InChI is InChI=1S/C16H19N3O2/c1-16(21)6-12-9-19(10-13(12)7-16)15(20)18-14-4-2-3-11(5-14)8-17/h2-5,12-13,21H,6-7,9-10H2,1H3,(H,18,20). The van der Waals surface area contributed by atoms with Crippen molar-refractivity contribution in [2.45, 2.75) is 25.4 Å². The number of benzene rings is 1. The highest BCUT2D eigenvalue weighted by Gasteiger charge is 2.46. The summed E-state index contributed by atoms with van der Waals surface area (Å²) in [5, 5.41) is 21.8. The maximum absolute atomic E-state index is 12.3. The molecular weight excluding hydrogens is 266 g/mol. The minimum Gasteiger partial charge on any atom is -0.390 e. The number of rotatable bonds is 1. The van der Waals surface area contributed by atoms with E-state index in [0.29, 0.717) is 36.2 Å². The van der Waals surface area contributed by atoms with Crippen LogP contribution in [0.2, 0.25) is 0 Å². The second-order valence-electron chi connectivity index (χ2n) is 6.45. The molecule has 5 heteroatoms. The number of nitrogens with one attached hydrogen (secondary N) is 1. The van der Waals surface area contributed by atoms with E-state index in [-0.39, 0.29) is 6.03 Å². The van der Waals surface area contributed by atoms with Crippen LogP contribution >= 0.6 is 0 Å². The summed E-state index contributed by atoms with van der Waals surface area (Å²) >= 11 is 0. The second kappa shape index (κ2) is 5.05. The highest BCUT2D eigenvalue weighted by molar-refractivity contribution is 5.89. The molecule has 2 amide bonds. The molecule has 0 aromatic heterocycles. The Kier molecular flexibility index (Phi) is 3.34. The van der Waals surface area contributed by atoms with Gasteiger partial charge in [-0.3, -0.25) is 0 Å². The second-order valence-corrected chi connectivity index (χ2v) is 6.45. The van der Waals surface area contributed by atoms with E-state index in [1.54, 1.807) is 24.3 Å². The largest absolute Gasteiger partial charge is 0.390 e. The fourth-order valence-electron chi connectivity index (χ4n) is 3.65. The van der Waals surface area contributed by atoms with Crippen molar-refractivity contribution in [2.75, 3.05) is 18.4 Å². The number of hydrogen-bond donors (Lipinski definition) is 2. The fourth-order valence-corrected chi connectivity index (χ4v) is 3.65. The van der Waals surface area contributed by atoms with Crippen LogP contribution in [0.4, 0.5) is 10.5 Å². The van der Waals surface area contributed by atoms with Gasteiger partial charge in [-0.2, -0.15) is 5.26 Å². The van der Waals surface area contributed by atoms with E-state index < -0.39 is 5.60 Å². The summed E-state index contributed by atoms with van der Waals surface area (Å²) in [4.78, 5) is 14.1. The molecule has 1 aliphatic carbocycles. The number of likely N-dealkylation sites (tertiary alicyclic amines) is 1. The highest BCUT2D eigenvalue weighted by atomic mass is 16.3. The summed E-state index contributed by atoms with van der Waals surface area (Å²) in [6.07, 6.45) is 1.54. The maximum Gasteiger partial charge on any atom is 0.321 e. The van der Waals surface area contributed by atoms with Gasteiger partial charge >= 0.3 is 6.03 Å². The molecular formula is C16H19N3O2. The van der Waals surface area contributed by atoms with E-state index in [4.69, 9.17) is 5.26 Å². The van der Waals surface area contributed by atoms with E-state index in [1.165, 1.54) is 0 Å². The van der Waals surface area contributed by atoms with E-state index in [2.05, 4.69) is 11.4 Å². The predicted molar refractivity (Wildman–Crippen MR) is 78.6 cm³/mol. The normalized spacial score (nSPS) is 30.8. The van der Waals surface area contributed by atoms with Gasteiger partial charge < -0.3 is 15.3 Å². The number of amides is 2. The molecule has 0 bridgehead atoms. The molecule has 2 aliphatic rings. The Bertz CT molecular complexity index is 590. The molecule has 1 heterocycles. The SMILES string of the molecule is CC1(O)CC2CN(C(=O)Nc3cccc(C#N)c3)CC2C1. The van der Waals surface area contributed by atoms with Gasteiger partial charge in [0.15, 0.2) is 0 Å². The third-order valence-electron chi connectivity index (χ3n) is 4.51. The predicted octanol–water partition coefficient (Wildman–Crippen LogP) is 2.18. The molecule has 110 valence electrons. The summed E-state index contributed by atoms with van der Waals surface area (Å²) in [5.41, 5.74) is 0.601. The molecule has 2 fully saturated rings. The molecule has 1 saturated carbocycles. The van der Waals surface area contributed by atoms with Crippen molar-refractivity contribution >= 4 is 11.7 Å². The molecule has 2 unspecified atom stereocenters. The summed E-state index contributed by atoms with van der Waals surface area (Å²) < 4.78 is 0. The molecule has 1 aromatic rings. The van der Waals surface area contributed by atoms with Gasteiger partial charge in [0.25, 0.3) is 0 Å². The van der Waals surface area contributed by atoms with Crippen molar-refractivity contribution in [3.8, 4) is 6.07 Å². The van der Waals surface area contributed by atoms with E-state index in [1.807, 2.05) is 11.8 Å². The molecule has 1 aromatic carbocycles. The van der Waals surface area contributed by atoms with Gasteiger partial charge in [-0.15, -0.1) is 0 Å². The minimum atomic E-state index is -0.570. The van der Waals surface area contributed by atoms with Crippen LogP contribution in [-0.2, 0) is 0 Å². The van der Waals surface area contributed by atoms with E-state index >= 15 is 0 Å². The van der Waals surface area contributed by atoms with Gasteiger partial charge in [0, 0.05) is 18.8 Å². The number of anilines is 1. The quantitative estimate of drug-likeness (QED) is 0.830. The smallest absolute Gasteiger partial charge is 0.321 e. The van der Waals surface area contributed by atoms with E-state index in [0.717, 1.165) is 12.8 Å². The first-order chi connectivity index (χ1) is 9.97. The third-order valence-corrected chi connectivity index (χ3v) is 4.51. The van der Waals surface area contributed by atoms with Crippen molar-refractivity contribution in [3.05, 3.63) is 29.8 Å². The van der Waals surface area contributed by atoms with Crippen LogP contribution < -0.4 is 5.32 Å². The molecule has 1 aliphatic heterocycles. The van der Waals surface area contributed by atoms with Crippen molar-refractivity contribution < 1.29 is 9.90 Å². The number of urea groups is 1. The Morgan fingerprint density at radius 3 is 2.71 bits per heavy atom. The summed E-state index contributed by atoms with van der Waals surface area (Å²) in [6.45, 7) is 3.28. The zero-order chi connectivity index (χ0) is 15.0. The Morgan fingerprint density at radius 2 is 2.10 bits per heavy atom. The van der Waals surface area contributed by atoms with Crippen molar-refractivity contribution in [3.63, 3.8) is 0 Å². The molecule has 0 spiro atoms. The molecule has 0 radical (unpaired) electrons. The van der Waals surface area contributed by atoms with Crippen LogP contribution in [0.25, 0.3) is 0 Å². The lowest BCUT2D eigenvalue weighted by Gasteiger charge is -2.22. The molecule has 2 N–H and O–H groups in total. The van der Waals surface area contributed by atoms with Crippen LogP contribution in [0.15, 0.2) is 24.3 Å². The number of carbonyl (C=O) groups is 1. The summed E-state index contributed by atoms with van der Waals surface area (Å²) in [7, 11) is 0. The van der Waals surface area contributed by atoms with Crippen molar-refractivity contribution in [1.29, 1.82) is 5.26 Å². The summed E-state index contributed by atoms with van der Waals surface area (Å²) in [5.74, 6) is 0.799. The monoisotopic (exact) mass is 285 g/mol. The number of nitrogens with zero attached hydrogens (tertiary/aromatic N) is 2. The lowest BCUT2D eigenvalue weighted by Crippen LogP contribution is -2.35.